The molecule has 1 fully saturated rings. The van der Waals surface area contributed by atoms with Gasteiger partial charge in [-0.05, 0) is 38.1 Å². The second-order valence-corrected chi connectivity index (χ2v) is 5.76. The second kappa shape index (κ2) is 7.57. The van der Waals surface area contributed by atoms with Crippen LogP contribution in [0.4, 0.5) is 4.39 Å². The van der Waals surface area contributed by atoms with Gasteiger partial charge in [-0.15, -0.1) is 6.58 Å². The van der Waals surface area contributed by atoms with Crippen LogP contribution in [0.2, 0.25) is 5.02 Å². The zero-order valence-corrected chi connectivity index (χ0v) is 12.7. The van der Waals surface area contributed by atoms with E-state index in [2.05, 4.69) is 16.8 Å². The lowest BCUT2D eigenvalue weighted by Gasteiger charge is -2.31. The summed E-state index contributed by atoms with van der Waals surface area (Å²) in [5.74, 6) is -0.128. The first-order chi connectivity index (χ1) is 10.1. The predicted octanol–water partition coefficient (Wildman–Crippen LogP) is 2.99. The van der Waals surface area contributed by atoms with E-state index in [9.17, 15) is 9.18 Å². The van der Waals surface area contributed by atoms with Crippen molar-refractivity contribution in [2.75, 3.05) is 19.6 Å². The summed E-state index contributed by atoms with van der Waals surface area (Å²) in [6.45, 7) is 6.25. The van der Waals surface area contributed by atoms with Crippen molar-refractivity contribution in [3.05, 3.63) is 47.3 Å². The number of hydrogen-bond acceptors (Lipinski definition) is 2. The Balaban J connectivity index is 1.84. The van der Waals surface area contributed by atoms with Crippen LogP contribution < -0.4 is 5.32 Å². The van der Waals surface area contributed by atoms with Gasteiger partial charge in [0.05, 0.1) is 0 Å². The summed E-state index contributed by atoms with van der Waals surface area (Å²) in [5, 5.41) is 3.24. The van der Waals surface area contributed by atoms with Crippen molar-refractivity contribution in [2.24, 2.45) is 5.92 Å². The first kappa shape index (κ1) is 16.0. The van der Waals surface area contributed by atoms with Crippen LogP contribution in [-0.4, -0.2) is 30.4 Å². The molecule has 1 heterocycles. The third kappa shape index (κ3) is 4.55. The number of halogens is 2. The predicted molar refractivity (Wildman–Crippen MR) is 82.6 cm³/mol. The lowest BCUT2D eigenvalue weighted by molar-refractivity contribution is -0.126. The van der Waals surface area contributed by atoms with E-state index in [-0.39, 0.29) is 17.6 Å². The number of nitrogens with one attached hydrogen (secondary N) is 1. The Morgan fingerprint density at radius 3 is 2.81 bits per heavy atom. The fraction of sp³-hybridized carbons (Fsp3) is 0.438. The molecule has 0 aromatic heterocycles. The standard InChI is InChI=1S/C16H20ClFN2O/c1-2-7-19-16(21)12-5-8-20(9-6-12)11-13-3-4-14(17)10-15(13)18/h2-4,10,12H,1,5-9,11H2,(H,19,21). The largest absolute Gasteiger partial charge is 0.352 e. The highest BCUT2D eigenvalue weighted by molar-refractivity contribution is 6.30. The number of benzene rings is 1. The smallest absolute Gasteiger partial charge is 0.223 e. The summed E-state index contributed by atoms with van der Waals surface area (Å²) in [4.78, 5) is 14.0. The molecule has 1 aliphatic heterocycles. The fourth-order valence-corrected chi connectivity index (χ4v) is 2.72. The molecule has 0 spiro atoms. The number of carbonyl (C=O) groups is 1. The van der Waals surface area contributed by atoms with Crippen LogP contribution in [0.5, 0.6) is 0 Å². The summed E-state index contributed by atoms with van der Waals surface area (Å²) in [5.41, 5.74) is 0.647. The molecule has 114 valence electrons. The SMILES string of the molecule is C=CCNC(=O)C1CCN(Cc2ccc(Cl)cc2F)CC1. The number of rotatable bonds is 5. The maximum Gasteiger partial charge on any atom is 0.223 e. The third-order valence-corrected chi connectivity index (χ3v) is 4.02. The molecule has 0 aliphatic carbocycles. The molecule has 0 saturated carbocycles. The highest BCUT2D eigenvalue weighted by atomic mass is 35.5. The van der Waals surface area contributed by atoms with Crippen molar-refractivity contribution >= 4 is 17.5 Å². The molecule has 1 aromatic carbocycles. The minimum atomic E-state index is -0.270. The number of hydrogen-bond donors (Lipinski definition) is 1. The number of amides is 1. The fourth-order valence-electron chi connectivity index (χ4n) is 2.56. The molecule has 2 rings (SSSR count). The van der Waals surface area contributed by atoms with E-state index in [0.29, 0.717) is 23.7 Å². The molecule has 1 saturated heterocycles. The summed E-state index contributed by atoms with van der Waals surface area (Å²) in [6.07, 6.45) is 3.28. The first-order valence-electron chi connectivity index (χ1n) is 7.15. The lowest BCUT2D eigenvalue weighted by Crippen LogP contribution is -2.40. The highest BCUT2D eigenvalue weighted by Gasteiger charge is 2.24. The average molecular weight is 311 g/mol. The Morgan fingerprint density at radius 2 is 2.19 bits per heavy atom. The number of nitrogens with zero attached hydrogens (tertiary/aromatic N) is 1. The van der Waals surface area contributed by atoms with Gasteiger partial charge in [-0.2, -0.15) is 0 Å². The van der Waals surface area contributed by atoms with Gasteiger partial charge in [0.15, 0.2) is 0 Å². The van der Waals surface area contributed by atoms with Crippen LogP contribution >= 0.6 is 11.6 Å². The molecule has 5 heteroatoms. The van der Waals surface area contributed by atoms with Crippen molar-refractivity contribution in [3.8, 4) is 0 Å². The van der Waals surface area contributed by atoms with E-state index < -0.39 is 0 Å². The summed E-state index contributed by atoms with van der Waals surface area (Å²) >= 11 is 5.75. The van der Waals surface area contributed by atoms with Gasteiger partial charge in [0.25, 0.3) is 0 Å². The van der Waals surface area contributed by atoms with Crippen LogP contribution in [0, 0.1) is 11.7 Å². The van der Waals surface area contributed by atoms with Crippen LogP contribution in [0.1, 0.15) is 18.4 Å². The number of likely N-dealkylation sites (tertiary alicyclic amines) is 1. The Kier molecular flexibility index (Phi) is 5.76. The third-order valence-electron chi connectivity index (χ3n) is 3.79. The maximum absolute atomic E-state index is 13.8. The van der Waals surface area contributed by atoms with Crippen LogP contribution in [0.15, 0.2) is 30.9 Å². The van der Waals surface area contributed by atoms with Gasteiger partial charge in [-0.25, -0.2) is 4.39 Å². The van der Waals surface area contributed by atoms with Crippen molar-refractivity contribution in [1.29, 1.82) is 0 Å². The van der Waals surface area contributed by atoms with Gasteiger partial charge < -0.3 is 5.32 Å². The van der Waals surface area contributed by atoms with E-state index >= 15 is 0 Å². The summed E-state index contributed by atoms with van der Waals surface area (Å²) in [6, 6.07) is 4.77. The second-order valence-electron chi connectivity index (χ2n) is 5.32. The van der Waals surface area contributed by atoms with Gasteiger partial charge >= 0.3 is 0 Å². The average Bonchev–Trinajstić information content (AvgIpc) is 2.48. The molecule has 3 nitrogen and oxygen atoms in total. The van der Waals surface area contributed by atoms with Gasteiger partial charge in [0, 0.05) is 29.6 Å². The molecular formula is C16H20ClFN2O. The summed E-state index contributed by atoms with van der Waals surface area (Å²) in [7, 11) is 0. The van der Waals surface area contributed by atoms with Crippen LogP contribution in [0.25, 0.3) is 0 Å². The van der Waals surface area contributed by atoms with Crippen molar-refractivity contribution in [2.45, 2.75) is 19.4 Å². The topological polar surface area (TPSA) is 32.3 Å². The van der Waals surface area contributed by atoms with Gasteiger partial charge in [0.1, 0.15) is 5.82 Å². The Labute approximate surface area is 129 Å². The molecule has 0 atom stereocenters. The quantitative estimate of drug-likeness (QED) is 0.848. The van der Waals surface area contributed by atoms with Crippen molar-refractivity contribution in [3.63, 3.8) is 0 Å². The van der Waals surface area contributed by atoms with Gasteiger partial charge in [0.2, 0.25) is 5.91 Å². The van der Waals surface area contributed by atoms with Crippen LogP contribution in [-0.2, 0) is 11.3 Å². The number of carbonyl (C=O) groups excluding carboxylic acids is 1. The molecule has 1 aliphatic rings. The van der Waals surface area contributed by atoms with E-state index in [1.54, 1.807) is 18.2 Å². The molecule has 0 radical (unpaired) electrons. The molecular weight excluding hydrogens is 291 g/mol. The molecule has 21 heavy (non-hydrogen) atoms. The van der Waals surface area contributed by atoms with Crippen LogP contribution in [0.3, 0.4) is 0 Å². The Bertz CT molecular complexity index is 513. The van der Waals surface area contributed by atoms with E-state index in [4.69, 9.17) is 11.6 Å². The maximum atomic E-state index is 13.8. The minimum absolute atomic E-state index is 0.0521. The minimum Gasteiger partial charge on any atom is -0.352 e. The van der Waals surface area contributed by atoms with Crippen molar-refractivity contribution < 1.29 is 9.18 Å². The molecule has 1 aromatic rings. The van der Waals surface area contributed by atoms with Gasteiger partial charge in [-0.1, -0.05) is 23.7 Å². The molecule has 1 N–H and O–H groups in total. The van der Waals surface area contributed by atoms with Gasteiger partial charge in [-0.3, -0.25) is 9.69 Å². The Hall–Kier alpha value is -1.39. The van der Waals surface area contributed by atoms with Crippen molar-refractivity contribution in [1.82, 2.24) is 10.2 Å². The zero-order valence-electron chi connectivity index (χ0n) is 11.9. The molecule has 0 bridgehead atoms. The molecule has 1 amide bonds. The summed E-state index contributed by atoms with van der Waals surface area (Å²) < 4.78 is 13.8. The number of piperidine rings is 1. The van der Waals surface area contributed by atoms with E-state index in [1.165, 1.54) is 6.07 Å². The van der Waals surface area contributed by atoms with E-state index in [1.807, 2.05) is 0 Å². The molecule has 0 unspecified atom stereocenters. The Morgan fingerprint density at radius 1 is 1.48 bits per heavy atom. The zero-order chi connectivity index (χ0) is 15.2. The highest BCUT2D eigenvalue weighted by Crippen LogP contribution is 2.21. The van der Waals surface area contributed by atoms with E-state index in [0.717, 1.165) is 25.9 Å². The first-order valence-corrected chi connectivity index (χ1v) is 7.53. The lowest BCUT2D eigenvalue weighted by atomic mass is 9.95. The monoisotopic (exact) mass is 310 g/mol. The normalized spacial score (nSPS) is 16.7.